The van der Waals surface area contributed by atoms with Gasteiger partial charge in [-0.3, -0.25) is 4.90 Å². The van der Waals surface area contributed by atoms with E-state index in [1.54, 1.807) is 4.90 Å². The summed E-state index contributed by atoms with van der Waals surface area (Å²) in [5.74, 6) is 0.00227. The predicted octanol–water partition coefficient (Wildman–Crippen LogP) is 4.73. The topological polar surface area (TPSA) is 77.5 Å². The first-order chi connectivity index (χ1) is 18.6. The van der Waals surface area contributed by atoms with E-state index in [1.165, 1.54) is 22.3 Å². The number of benzene rings is 3. The highest BCUT2D eigenvalue weighted by molar-refractivity contribution is 5.79. The molecule has 7 rings (SSSR count). The van der Waals surface area contributed by atoms with Crippen molar-refractivity contribution in [3.8, 4) is 11.1 Å². The van der Waals surface area contributed by atoms with Crippen molar-refractivity contribution >= 4 is 6.09 Å². The molecule has 196 valence electrons. The highest BCUT2D eigenvalue weighted by Crippen LogP contribution is 2.46. The first-order valence-corrected chi connectivity index (χ1v) is 13.4. The van der Waals surface area contributed by atoms with E-state index < -0.39 is 11.9 Å². The van der Waals surface area contributed by atoms with Gasteiger partial charge in [-0.2, -0.15) is 0 Å². The number of carbonyl (C=O) groups is 1. The highest BCUT2D eigenvalue weighted by atomic mass is 16.7. The van der Waals surface area contributed by atoms with Crippen LogP contribution in [0, 0.1) is 0 Å². The van der Waals surface area contributed by atoms with Crippen LogP contribution in [0.4, 0.5) is 4.79 Å². The third-order valence-electron chi connectivity index (χ3n) is 8.44. The third-order valence-corrected chi connectivity index (χ3v) is 8.44. The number of amides is 1. The van der Waals surface area contributed by atoms with Crippen LogP contribution in [0.15, 0.2) is 72.8 Å². The van der Waals surface area contributed by atoms with E-state index in [1.807, 2.05) is 48.5 Å². The molecular formula is C31H31NO6. The number of nitrogens with zero attached hydrogens (tertiary/aromatic N) is 1. The first kappa shape index (κ1) is 23.9. The Morgan fingerprint density at radius 2 is 1.39 bits per heavy atom. The molecule has 2 atom stereocenters. The minimum Gasteiger partial charge on any atom is -0.448 e. The molecule has 38 heavy (non-hydrogen) atoms. The van der Waals surface area contributed by atoms with Gasteiger partial charge >= 0.3 is 6.09 Å². The molecule has 1 N–H and O–H groups in total. The van der Waals surface area contributed by atoms with Gasteiger partial charge in [0.25, 0.3) is 0 Å². The summed E-state index contributed by atoms with van der Waals surface area (Å²) in [6, 6.07) is 23.8. The molecule has 2 unspecified atom stereocenters. The summed E-state index contributed by atoms with van der Waals surface area (Å²) in [6.45, 7) is 2.06. The number of carbonyl (C=O) groups excluding carboxylic acids is 1. The van der Waals surface area contributed by atoms with Crippen LogP contribution in [0.25, 0.3) is 11.1 Å². The molecule has 3 aliphatic heterocycles. The van der Waals surface area contributed by atoms with Crippen molar-refractivity contribution in [1.82, 2.24) is 4.90 Å². The zero-order valence-electron chi connectivity index (χ0n) is 21.1. The van der Waals surface area contributed by atoms with Gasteiger partial charge in [-0.25, -0.2) is 4.79 Å². The lowest BCUT2D eigenvalue weighted by molar-refractivity contribution is -0.138. The summed E-state index contributed by atoms with van der Waals surface area (Å²) < 4.78 is 23.4. The van der Waals surface area contributed by atoms with Crippen molar-refractivity contribution in [2.45, 2.75) is 42.7 Å². The smallest absolute Gasteiger partial charge is 0.410 e. The second-order valence-electron chi connectivity index (χ2n) is 10.7. The number of piperidine rings is 1. The molecule has 1 amide bonds. The predicted molar refractivity (Wildman–Crippen MR) is 140 cm³/mol. The Kier molecular flexibility index (Phi) is 5.97. The fourth-order valence-electron chi connectivity index (χ4n) is 6.83. The van der Waals surface area contributed by atoms with E-state index in [0.717, 1.165) is 11.1 Å². The molecule has 0 saturated carbocycles. The lowest BCUT2D eigenvalue weighted by atomic mass is 9.75. The Hall–Kier alpha value is -3.23. The van der Waals surface area contributed by atoms with Crippen molar-refractivity contribution in [3.05, 3.63) is 95.1 Å². The van der Waals surface area contributed by atoms with Gasteiger partial charge in [0.1, 0.15) is 6.61 Å². The van der Waals surface area contributed by atoms with Crippen LogP contribution in [0.5, 0.6) is 0 Å². The van der Waals surface area contributed by atoms with Crippen LogP contribution in [0.3, 0.4) is 0 Å². The number of hydrogen-bond acceptors (Lipinski definition) is 6. The van der Waals surface area contributed by atoms with Gasteiger partial charge in [-0.05, 0) is 27.8 Å². The van der Waals surface area contributed by atoms with Gasteiger partial charge in [0.2, 0.25) is 0 Å². The van der Waals surface area contributed by atoms with Crippen LogP contribution in [0.1, 0.15) is 47.3 Å². The summed E-state index contributed by atoms with van der Waals surface area (Å²) in [4.78, 5) is 15.3. The molecule has 4 aliphatic rings. The van der Waals surface area contributed by atoms with Gasteiger partial charge in [0.05, 0.1) is 44.1 Å². The molecule has 3 heterocycles. The maximum Gasteiger partial charge on any atom is 0.410 e. The van der Waals surface area contributed by atoms with Crippen LogP contribution < -0.4 is 0 Å². The molecule has 7 nitrogen and oxygen atoms in total. The lowest BCUT2D eigenvalue weighted by Gasteiger charge is -2.51. The average Bonchev–Trinajstić information content (AvgIpc) is 3.58. The van der Waals surface area contributed by atoms with Gasteiger partial charge in [0.15, 0.2) is 6.29 Å². The summed E-state index contributed by atoms with van der Waals surface area (Å²) in [5, 5.41) is 12.0. The highest BCUT2D eigenvalue weighted by Gasteiger charge is 2.50. The molecule has 2 bridgehead atoms. The fourth-order valence-corrected chi connectivity index (χ4v) is 6.83. The third kappa shape index (κ3) is 3.93. The molecule has 0 spiro atoms. The Morgan fingerprint density at radius 1 is 0.842 bits per heavy atom. The van der Waals surface area contributed by atoms with Crippen LogP contribution in [-0.4, -0.2) is 61.2 Å². The Morgan fingerprint density at radius 3 is 2.03 bits per heavy atom. The van der Waals surface area contributed by atoms with E-state index in [-0.39, 0.29) is 30.7 Å². The molecule has 0 radical (unpaired) electrons. The number of aliphatic hydroxyl groups is 1. The molecule has 7 heteroatoms. The molecular weight excluding hydrogens is 482 g/mol. The summed E-state index contributed by atoms with van der Waals surface area (Å²) in [5.41, 5.74) is 5.30. The van der Waals surface area contributed by atoms with Crippen molar-refractivity contribution in [2.75, 3.05) is 33.0 Å². The molecule has 3 fully saturated rings. The second kappa shape index (κ2) is 9.50. The molecule has 3 aromatic carbocycles. The summed E-state index contributed by atoms with van der Waals surface area (Å²) in [6.07, 6.45) is -0.107. The standard InChI is InChI=1S/C31H31NO6/c33-30(38-19-27-24-9-3-1-7-22(24)23-8-2-4-10-25(23)27)32-20-15-31(34,16-21(32)18-35-17-20)28-12-6-5-11-26(28)29-36-13-14-37-29/h1-12,20-21,27,29,34H,13-19H2. The maximum atomic E-state index is 13.5. The van der Waals surface area contributed by atoms with Crippen LogP contribution >= 0.6 is 0 Å². The lowest BCUT2D eigenvalue weighted by Crippen LogP contribution is -2.62. The number of hydrogen-bond donors (Lipinski definition) is 1. The normalized spacial score (nSPS) is 26.7. The van der Waals surface area contributed by atoms with E-state index in [0.29, 0.717) is 39.3 Å². The van der Waals surface area contributed by atoms with Gasteiger partial charge in [0, 0.05) is 24.3 Å². The zero-order valence-corrected chi connectivity index (χ0v) is 21.1. The van der Waals surface area contributed by atoms with E-state index >= 15 is 0 Å². The summed E-state index contributed by atoms with van der Waals surface area (Å²) in [7, 11) is 0. The summed E-state index contributed by atoms with van der Waals surface area (Å²) >= 11 is 0. The first-order valence-electron chi connectivity index (χ1n) is 13.4. The van der Waals surface area contributed by atoms with Crippen molar-refractivity contribution in [1.29, 1.82) is 0 Å². The number of ether oxygens (including phenoxy) is 4. The van der Waals surface area contributed by atoms with Crippen molar-refractivity contribution < 1.29 is 28.8 Å². The monoisotopic (exact) mass is 513 g/mol. The molecule has 0 aromatic heterocycles. The Labute approximate surface area is 221 Å². The SMILES string of the molecule is O=C(OCC1c2ccccc2-c2ccccc21)N1C2COCC1CC(O)(c1ccccc1C1OCCO1)C2. The number of fused-ring (bicyclic) bond motifs is 5. The van der Waals surface area contributed by atoms with Crippen molar-refractivity contribution in [3.63, 3.8) is 0 Å². The molecule has 3 aromatic rings. The van der Waals surface area contributed by atoms with E-state index in [4.69, 9.17) is 18.9 Å². The minimum absolute atomic E-state index is 0.00227. The fraction of sp³-hybridized carbons (Fsp3) is 0.387. The molecule has 1 aliphatic carbocycles. The van der Waals surface area contributed by atoms with Crippen LogP contribution in [0.2, 0.25) is 0 Å². The van der Waals surface area contributed by atoms with Crippen molar-refractivity contribution in [2.24, 2.45) is 0 Å². The Bertz CT molecular complexity index is 1290. The minimum atomic E-state index is -1.12. The van der Waals surface area contributed by atoms with Crippen LogP contribution in [-0.2, 0) is 24.5 Å². The second-order valence-corrected chi connectivity index (χ2v) is 10.7. The zero-order chi connectivity index (χ0) is 25.7. The number of morpholine rings is 1. The maximum absolute atomic E-state index is 13.5. The Balaban J connectivity index is 1.11. The number of rotatable bonds is 4. The van der Waals surface area contributed by atoms with Gasteiger partial charge < -0.3 is 24.1 Å². The average molecular weight is 514 g/mol. The van der Waals surface area contributed by atoms with Gasteiger partial charge in [-0.1, -0.05) is 72.8 Å². The molecule has 3 saturated heterocycles. The van der Waals surface area contributed by atoms with E-state index in [2.05, 4.69) is 24.3 Å². The van der Waals surface area contributed by atoms with Gasteiger partial charge in [-0.15, -0.1) is 0 Å². The quantitative estimate of drug-likeness (QED) is 0.544. The van der Waals surface area contributed by atoms with E-state index in [9.17, 15) is 9.90 Å². The largest absolute Gasteiger partial charge is 0.448 e.